The van der Waals surface area contributed by atoms with E-state index in [2.05, 4.69) is 5.32 Å². The number of carbonyl (C=O) groups is 2. The maximum absolute atomic E-state index is 13.9. The molecule has 6 heteroatoms. The molecule has 1 aromatic rings. The van der Waals surface area contributed by atoms with Gasteiger partial charge in [0.1, 0.15) is 17.2 Å². The molecule has 21 heavy (non-hydrogen) atoms. The minimum atomic E-state index is -0.916. The smallest absolute Gasteiger partial charge is 0.306 e. The first-order valence-corrected chi connectivity index (χ1v) is 6.88. The van der Waals surface area contributed by atoms with Crippen molar-refractivity contribution >= 4 is 11.9 Å². The Hall–Kier alpha value is -1.98. The highest BCUT2D eigenvalue weighted by Crippen LogP contribution is 2.25. The zero-order valence-electron chi connectivity index (χ0n) is 11.7. The maximum Gasteiger partial charge on any atom is 0.306 e. The first-order valence-electron chi connectivity index (χ1n) is 6.88. The van der Waals surface area contributed by atoms with Crippen molar-refractivity contribution in [3.63, 3.8) is 0 Å². The van der Waals surface area contributed by atoms with Gasteiger partial charge in [-0.05, 0) is 37.8 Å². The van der Waals surface area contributed by atoms with Crippen LogP contribution in [0.5, 0.6) is 0 Å². The van der Waals surface area contributed by atoms with Gasteiger partial charge in [0, 0.05) is 6.04 Å². The lowest BCUT2D eigenvalue weighted by atomic mass is 9.85. The molecule has 1 fully saturated rings. The third-order valence-electron chi connectivity index (χ3n) is 3.87. The number of rotatable bonds is 3. The van der Waals surface area contributed by atoms with Gasteiger partial charge in [-0.2, -0.15) is 0 Å². The summed E-state index contributed by atoms with van der Waals surface area (Å²) in [6.45, 7) is 1.45. The number of nitrogens with one attached hydrogen (secondary N) is 1. The zero-order valence-corrected chi connectivity index (χ0v) is 11.7. The van der Waals surface area contributed by atoms with Gasteiger partial charge in [0.2, 0.25) is 0 Å². The first-order chi connectivity index (χ1) is 9.90. The minimum absolute atomic E-state index is 0.189. The summed E-state index contributed by atoms with van der Waals surface area (Å²) in [6, 6.07) is 1.95. The summed E-state index contributed by atoms with van der Waals surface area (Å²) in [5.74, 6) is -4.04. The topological polar surface area (TPSA) is 66.4 Å². The van der Waals surface area contributed by atoms with Gasteiger partial charge < -0.3 is 10.4 Å². The highest BCUT2D eigenvalue weighted by atomic mass is 19.1. The van der Waals surface area contributed by atoms with Crippen LogP contribution in [0.15, 0.2) is 12.1 Å². The van der Waals surface area contributed by atoms with E-state index >= 15 is 0 Å². The number of aryl methyl sites for hydroxylation is 1. The molecule has 114 valence electrons. The van der Waals surface area contributed by atoms with Gasteiger partial charge in [0.15, 0.2) is 0 Å². The quantitative estimate of drug-likeness (QED) is 0.901. The molecule has 4 nitrogen and oxygen atoms in total. The van der Waals surface area contributed by atoms with Crippen molar-refractivity contribution in [2.75, 3.05) is 0 Å². The number of carboxylic acid groups (broad SMARTS) is 1. The Kier molecular flexibility index (Phi) is 4.55. The van der Waals surface area contributed by atoms with Crippen molar-refractivity contribution in [1.82, 2.24) is 5.32 Å². The molecule has 0 radical (unpaired) electrons. The Balaban J connectivity index is 2.12. The second kappa shape index (κ2) is 6.20. The fourth-order valence-corrected chi connectivity index (χ4v) is 2.67. The summed E-state index contributed by atoms with van der Waals surface area (Å²) in [5.41, 5.74) is -0.416. The number of carboxylic acids is 1. The predicted octanol–water partition coefficient (Wildman–Crippen LogP) is 2.65. The Labute approximate surface area is 121 Å². The molecule has 2 unspecified atom stereocenters. The van der Waals surface area contributed by atoms with Gasteiger partial charge in [-0.3, -0.25) is 9.59 Å². The van der Waals surface area contributed by atoms with Gasteiger partial charge >= 0.3 is 5.97 Å². The standard InChI is InChI=1S/C15H17F2NO3/c1-8-5-6-11(16)12(13(8)17)14(19)18-10-4-2-3-9(7-10)15(20)21/h5-6,9-10H,2-4,7H2,1H3,(H,18,19)(H,20,21). The Morgan fingerprint density at radius 3 is 2.67 bits per heavy atom. The number of amides is 1. The van der Waals surface area contributed by atoms with Crippen molar-refractivity contribution in [1.29, 1.82) is 0 Å². The second-order valence-corrected chi connectivity index (χ2v) is 5.43. The van der Waals surface area contributed by atoms with Crippen molar-refractivity contribution in [3.8, 4) is 0 Å². The summed E-state index contributed by atoms with van der Waals surface area (Å²) >= 11 is 0. The monoisotopic (exact) mass is 297 g/mol. The molecular formula is C15H17F2NO3. The number of carbonyl (C=O) groups excluding carboxylic acids is 1. The molecule has 1 aliphatic carbocycles. The maximum atomic E-state index is 13.9. The van der Waals surface area contributed by atoms with E-state index in [1.54, 1.807) is 0 Å². The molecule has 1 aliphatic rings. The molecule has 0 aliphatic heterocycles. The number of hydrogen-bond acceptors (Lipinski definition) is 2. The molecular weight excluding hydrogens is 280 g/mol. The van der Waals surface area contributed by atoms with Crippen LogP contribution in [0.25, 0.3) is 0 Å². The average Bonchev–Trinajstić information content (AvgIpc) is 2.43. The summed E-state index contributed by atoms with van der Waals surface area (Å²) in [6.07, 6.45) is 2.14. The number of benzene rings is 1. The zero-order chi connectivity index (χ0) is 15.6. The first kappa shape index (κ1) is 15.4. The SMILES string of the molecule is Cc1ccc(F)c(C(=O)NC2CCCC(C(=O)O)C2)c1F. The van der Waals surface area contributed by atoms with E-state index in [0.29, 0.717) is 19.3 Å². The van der Waals surface area contributed by atoms with Crippen LogP contribution in [0.2, 0.25) is 0 Å². The van der Waals surface area contributed by atoms with Crippen molar-refractivity contribution < 1.29 is 23.5 Å². The Morgan fingerprint density at radius 2 is 2.00 bits per heavy atom. The van der Waals surface area contributed by atoms with Gasteiger partial charge in [-0.15, -0.1) is 0 Å². The molecule has 0 spiro atoms. The van der Waals surface area contributed by atoms with E-state index in [4.69, 9.17) is 5.11 Å². The lowest BCUT2D eigenvalue weighted by Crippen LogP contribution is -2.40. The van der Waals surface area contributed by atoms with Crippen LogP contribution in [0, 0.1) is 24.5 Å². The summed E-state index contributed by atoms with van der Waals surface area (Å²) < 4.78 is 27.5. The fraction of sp³-hybridized carbons (Fsp3) is 0.467. The van der Waals surface area contributed by atoms with Crippen LogP contribution < -0.4 is 5.32 Å². The third kappa shape index (κ3) is 3.37. The van der Waals surface area contributed by atoms with E-state index < -0.39 is 35.0 Å². The van der Waals surface area contributed by atoms with Crippen molar-refractivity contribution in [3.05, 3.63) is 34.9 Å². The van der Waals surface area contributed by atoms with E-state index in [1.807, 2.05) is 0 Å². The molecule has 0 bridgehead atoms. The molecule has 1 aromatic carbocycles. The highest BCUT2D eigenvalue weighted by molar-refractivity contribution is 5.95. The molecule has 0 aromatic heterocycles. The molecule has 2 atom stereocenters. The third-order valence-corrected chi connectivity index (χ3v) is 3.87. The van der Waals surface area contributed by atoms with Crippen LogP contribution in [0.4, 0.5) is 8.78 Å². The summed E-state index contributed by atoms with van der Waals surface area (Å²) in [7, 11) is 0. The lowest BCUT2D eigenvalue weighted by Gasteiger charge is -2.27. The van der Waals surface area contributed by atoms with E-state index in [1.165, 1.54) is 13.0 Å². The van der Waals surface area contributed by atoms with Crippen LogP contribution in [0.1, 0.15) is 41.6 Å². The van der Waals surface area contributed by atoms with Crippen molar-refractivity contribution in [2.24, 2.45) is 5.92 Å². The number of aliphatic carboxylic acids is 1. The molecule has 1 amide bonds. The predicted molar refractivity (Wildman–Crippen MR) is 71.9 cm³/mol. The average molecular weight is 297 g/mol. The molecule has 0 saturated heterocycles. The lowest BCUT2D eigenvalue weighted by molar-refractivity contribution is -0.143. The summed E-state index contributed by atoms with van der Waals surface area (Å²) in [5, 5.41) is 11.5. The number of hydrogen-bond donors (Lipinski definition) is 2. The molecule has 2 N–H and O–H groups in total. The van der Waals surface area contributed by atoms with Crippen LogP contribution in [-0.2, 0) is 4.79 Å². The van der Waals surface area contributed by atoms with Crippen molar-refractivity contribution in [2.45, 2.75) is 38.6 Å². The van der Waals surface area contributed by atoms with E-state index in [-0.39, 0.29) is 18.0 Å². The largest absolute Gasteiger partial charge is 0.481 e. The van der Waals surface area contributed by atoms with Gasteiger partial charge in [0.25, 0.3) is 5.91 Å². The van der Waals surface area contributed by atoms with Crippen LogP contribution >= 0.6 is 0 Å². The van der Waals surface area contributed by atoms with Crippen LogP contribution in [-0.4, -0.2) is 23.0 Å². The second-order valence-electron chi connectivity index (χ2n) is 5.43. The van der Waals surface area contributed by atoms with Gasteiger partial charge in [-0.25, -0.2) is 8.78 Å². The highest BCUT2D eigenvalue weighted by Gasteiger charge is 2.29. The van der Waals surface area contributed by atoms with Gasteiger partial charge in [0.05, 0.1) is 5.92 Å². The Bertz CT molecular complexity index is 574. The molecule has 0 heterocycles. The Morgan fingerprint density at radius 1 is 1.29 bits per heavy atom. The van der Waals surface area contributed by atoms with Gasteiger partial charge in [-0.1, -0.05) is 12.5 Å². The molecule has 1 saturated carbocycles. The normalized spacial score (nSPS) is 21.9. The van der Waals surface area contributed by atoms with E-state index in [9.17, 15) is 18.4 Å². The van der Waals surface area contributed by atoms with E-state index in [0.717, 1.165) is 6.07 Å². The summed E-state index contributed by atoms with van der Waals surface area (Å²) in [4.78, 5) is 23.0. The fourth-order valence-electron chi connectivity index (χ4n) is 2.67. The number of halogens is 2. The van der Waals surface area contributed by atoms with Crippen LogP contribution in [0.3, 0.4) is 0 Å². The minimum Gasteiger partial charge on any atom is -0.481 e. The molecule has 2 rings (SSSR count).